The summed E-state index contributed by atoms with van der Waals surface area (Å²) >= 11 is 1.58. The Bertz CT molecular complexity index is 629. The first kappa shape index (κ1) is 14.3. The lowest BCUT2D eigenvalue weighted by Crippen LogP contribution is -2.48. The van der Waals surface area contributed by atoms with Gasteiger partial charge in [-0.2, -0.15) is 11.3 Å². The van der Waals surface area contributed by atoms with Crippen molar-refractivity contribution >= 4 is 17.2 Å². The topological polar surface area (TPSA) is 75.4 Å². The fourth-order valence-corrected chi connectivity index (χ4v) is 2.97. The van der Waals surface area contributed by atoms with Crippen molar-refractivity contribution in [2.75, 3.05) is 6.54 Å². The standard InChI is InChI=1S/C15H18N2O3S/c1-10-12(17-14(20-10)11-3-6-21-8-11)7-13(18)16-9-15(19)4-2-5-15/h3,6,8,19H,2,4-5,7,9H2,1H3,(H,16,18). The molecule has 1 fully saturated rings. The lowest BCUT2D eigenvalue weighted by atomic mass is 9.80. The Kier molecular flexibility index (Phi) is 3.82. The Morgan fingerprint density at radius 2 is 2.38 bits per heavy atom. The van der Waals surface area contributed by atoms with Crippen LogP contribution < -0.4 is 5.32 Å². The van der Waals surface area contributed by atoms with Gasteiger partial charge in [0.15, 0.2) is 0 Å². The van der Waals surface area contributed by atoms with E-state index in [0.29, 0.717) is 23.9 Å². The minimum absolute atomic E-state index is 0.136. The average Bonchev–Trinajstić information content (AvgIpc) is 3.05. The second kappa shape index (κ2) is 5.61. The van der Waals surface area contributed by atoms with Crippen LogP contribution in [0.25, 0.3) is 11.5 Å². The van der Waals surface area contributed by atoms with Crippen molar-refractivity contribution in [1.29, 1.82) is 0 Å². The van der Waals surface area contributed by atoms with E-state index < -0.39 is 5.60 Å². The molecule has 5 nitrogen and oxygen atoms in total. The maximum Gasteiger partial charge on any atom is 0.227 e. The lowest BCUT2D eigenvalue weighted by molar-refractivity contribution is -0.123. The zero-order valence-corrected chi connectivity index (χ0v) is 12.7. The highest BCUT2D eigenvalue weighted by Gasteiger charge is 2.34. The molecular formula is C15H18N2O3S. The zero-order chi connectivity index (χ0) is 14.9. The molecule has 0 atom stereocenters. The molecule has 2 heterocycles. The van der Waals surface area contributed by atoms with Crippen LogP contribution in [0.5, 0.6) is 0 Å². The van der Waals surface area contributed by atoms with E-state index >= 15 is 0 Å². The lowest BCUT2D eigenvalue weighted by Gasteiger charge is -2.36. The molecule has 0 aromatic carbocycles. The largest absolute Gasteiger partial charge is 0.441 e. The number of carbonyl (C=O) groups is 1. The van der Waals surface area contributed by atoms with E-state index in [1.165, 1.54) is 0 Å². The molecule has 2 aromatic heterocycles. The Labute approximate surface area is 127 Å². The van der Waals surface area contributed by atoms with Crippen LogP contribution >= 0.6 is 11.3 Å². The van der Waals surface area contributed by atoms with Crippen LogP contribution in [0.2, 0.25) is 0 Å². The maximum absolute atomic E-state index is 11.9. The number of nitrogens with zero attached hydrogens (tertiary/aromatic N) is 1. The van der Waals surface area contributed by atoms with Gasteiger partial charge in [-0.3, -0.25) is 4.79 Å². The van der Waals surface area contributed by atoms with Crippen molar-refractivity contribution in [2.24, 2.45) is 0 Å². The van der Waals surface area contributed by atoms with Gasteiger partial charge in [-0.05, 0) is 37.6 Å². The van der Waals surface area contributed by atoms with E-state index in [0.717, 1.165) is 24.8 Å². The molecular weight excluding hydrogens is 288 g/mol. The summed E-state index contributed by atoms with van der Waals surface area (Å²) in [5.41, 5.74) is 0.879. The second-order valence-electron chi connectivity index (χ2n) is 5.57. The summed E-state index contributed by atoms with van der Waals surface area (Å²) in [6, 6.07) is 1.94. The van der Waals surface area contributed by atoms with E-state index in [4.69, 9.17) is 4.42 Å². The minimum atomic E-state index is -0.698. The van der Waals surface area contributed by atoms with Crippen molar-refractivity contribution in [3.05, 3.63) is 28.3 Å². The summed E-state index contributed by atoms with van der Waals surface area (Å²) in [5, 5.41) is 16.7. The van der Waals surface area contributed by atoms with Gasteiger partial charge in [0.05, 0.1) is 17.7 Å². The highest BCUT2D eigenvalue weighted by Crippen LogP contribution is 2.30. The third kappa shape index (κ3) is 3.16. The van der Waals surface area contributed by atoms with Crippen molar-refractivity contribution in [1.82, 2.24) is 10.3 Å². The van der Waals surface area contributed by atoms with Crippen LogP contribution in [0, 0.1) is 6.92 Å². The van der Waals surface area contributed by atoms with Crippen LogP contribution in [-0.4, -0.2) is 28.1 Å². The average molecular weight is 306 g/mol. The van der Waals surface area contributed by atoms with Gasteiger partial charge >= 0.3 is 0 Å². The van der Waals surface area contributed by atoms with Gasteiger partial charge in [0.2, 0.25) is 11.8 Å². The Morgan fingerprint density at radius 3 is 3.00 bits per heavy atom. The molecule has 0 radical (unpaired) electrons. The summed E-state index contributed by atoms with van der Waals surface area (Å²) in [4.78, 5) is 16.3. The van der Waals surface area contributed by atoms with E-state index in [2.05, 4.69) is 10.3 Å². The quantitative estimate of drug-likeness (QED) is 0.888. The molecule has 21 heavy (non-hydrogen) atoms. The van der Waals surface area contributed by atoms with Gasteiger partial charge in [0, 0.05) is 17.5 Å². The highest BCUT2D eigenvalue weighted by atomic mass is 32.1. The van der Waals surface area contributed by atoms with Crippen molar-refractivity contribution < 1.29 is 14.3 Å². The van der Waals surface area contributed by atoms with Gasteiger partial charge in [-0.1, -0.05) is 0 Å². The van der Waals surface area contributed by atoms with E-state index in [9.17, 15) is 9.90 Å². The van der Waals surface area contributed by atoms with Crippen molar-refractivity contribution in [2.45, 2.75) is 38.2 Å². The summed E-state index contributed by atoms with van der Waals surface area (Å²) in [6.45, 7) is 2.13. The SMILES string of the molecule is Cc1oc(-c2ccsc2)nc1CC(=O)NCC1(O)CCC1. The van der Waals surface area contributed by atoms with E-state index in [-0.39, 0.29) is 12.3 Å². The number of rotatable bonds is 5. The molecule has 6 heteroatoms. The molecule has 2 aromatic rings. The first-order valence-electron chi connectivity index (χ1n) is 7.04. The summed E-state index contributed by atoms with van der Waals surface area (Å²) in [5.74, 6) is 1.08. The van der Waals surface area contributed by atoms with Crippen molar-refractivity contribution in [3.63, 3.8) is 0 Å². The van der Waals surface area contributed by atoms with Crippen LogP contribution in [0.15, 0.2) is 21.2 Å². The monoisotopic (exact) mass is 306 g/mol. The molecule has 112 valence electrons. The second-order valence-corrected chi connectivity index (χ2v) is 6.35. The number of thiophene rings is 1. The van der Waals surface area contributed by atoms with Gasteiger partial charge in [0.25, 0.3) is 0 Å². The van der Waals surface area contributed by atoms with Gasteiger partial charge in [0.1, 0.15) is 5.76 Å². The number of aryl methyl sites for hydroxylation is 1. The third-order valence-electron chi connectivity index (χ3n) is 3.89. The highest BCUT2D eigenvalue weighted by molar-refractivity contribution is 7.08. The molecule has 0 saturated heterocycles. The number of nitrogens with one attached hydrogen (secondary N) is 1. The fourth-order valence-electron chi connectivity index (χ4n) is 2.34. The molecule has 1 aliphatic rings. The van der Waals surface area contributed by atoms with Crippen LogP contribution in [0.4, 0.5) is 0 Å². The van der Waals surface area contributed by atoms with Gasteiger partial charge < -0.3 is 14.8 Å². The van der Waals surface area contributed by atoms with Crippen LogP contribution in [0.3, 0.4) is 0 Å². The van der Waals surface area contributed by atoms with E-state index in [1.807, 2.05) is 23.8 Å². The molecule has 0 spiro atoms. The smallest absolute Gasteiger partial charge is 0.227 e. The number of aliphatic hydroxyl groups is 1. The molecule has 0 aliphatic heterocycles. The number of carbonyl (C=O) groups excluding carboxylic acids is 1. The van der Waals surface area contributed by atoms with Crippen molar-refractivity contribution in [3.8, 4) is 11.5 Å². The third-order valence-corrected chi connectivity index (χ3v) is 4.57. The van der Waals surface area contributed by atoms with Crippen LogP contribution in [-0.2, 0) is 11.2 Å². The van der Waals surface area contributed by atoms with E-state index in [1.54, 1.807) is 11.3 Å². The Balaban J connectivity index is 1.60. The molecule has 1 aliphatic carbocycles. The maximum atomic E-state index is 11.9. The first-order valence-corrected chi connectivity index (χ1v) is 7.98. The van der Waals surface area contributed by atoms with Crippen LogP contribution in [0.1, 0.15) is 30.7 Å². The number of aromatic nitrogens is 1. The molecule has 1 amide bonds. The molecule has 1 saturated carbocycles. The number of hydrogen-bond acceptors (Lipinski definition) is 5. The molecule has 2 N–H and O–H groups in total. The fraction of sp³-hybridized carbons (Fsp3) is 0.467. The Morgan fingerprint density at radius 1 is 1.57 bits per heavy atom. The minimum Gasteiger partial charge on any atom is -0.441 e. The predicted molar refractivity (Wildman–Crippen MR) is 80.1 cm³/mol. The first-order chi connectivity index (χ1) is 10.1. The Hall–Kier alpha value is -1.66. The molecule has 0 unspecified atom stereocenters. The summed E-state index contributed by atoms with van der Waals surface area (Å²) in [6.07, 6.45) is 2.73. The number of oxazole rings is 1. The number of amides is 1. The summed E-state index contributed by atoms with van der Waals surface area (Å²) in [7, 11) is 0. The zero-order valence-electron chi connectivity index (χ0n) is 11.9. The van der Waals surface area contributed by atoms with Gasteiger partial charge in [-0.15, -0.1) is 0 Å². The predicted octanol–water partition coefficient (Wildman–Crippen LogP) is 2.29. The molecule has 3 rings (SSSR count). The van der Waals surface area contributed by atoms with Gasteiger partial charge in [-0.25, -0.2) is 4.98 Å². The normalized spacial score (nSPS) is 16.5. The number of hydrogen-bond donors (Lipinski definition) is 2. The molecule has 0 bridgehead atoms. The summed E-state index contributed by atoms with van der Waals surface area (Å²) < 4.78 is 5.60.